The number of amides is 1. The van der Waals surface area contributed by atoms with Gasteiger partial charge in [-0.15, -0.1) is 0 Å². The Kier molecular flexibility index (Phi) is 3.05. The lowest BCUT2D eigenvalue weighted by atomic mass is 10.0. The average Bonchev–Trinajstić information content (AvgIpc) is 2.71. The number of benzene rings is 1. The van der Waals surface area contributed by atoms with E-state index in [0.717, 1.165) is 27.4 Å². The summed E-state index contributed by atoms with van der Waals surface area (Å²) in [5.41, 5.74) is 2.21. The fourth-order valence-corrected chi connectivity index (χ4v) is 2.99. The zero-order valence-corrected chi connectivity index (χ0v) is 12.0. The minimum absolute atomic E-state index is 0.172. The van der Waals surface area contributed by atoms with Crippen molar-refractivity contribution in [3.05, 3.63) is 27.9 Å². The maximum absolute atomic E-state index is 12.7. The minimum atomic E-state index is -0.486. The second-order valence-electron chi connectivity index (χ2n) is 4.81. The second kappa shape index (κ2) is 4.59. The quantitative estimate of drug-likeness (QED) is 0.923. The largest absolute Gasteiger partial charge is 0.332 e. The van der Waals surface area contributed by atoms with Gasteiger partial charge in [-0.1, -0.05) is 15.9 Å². The Bertz CT molecular complexity index is 653. The SMILES string of the molecule is Cc1cc(Br)cc2c(C(=O)N3CCC3CF)[nH]nc12. The van der Waals surface area contributed by atoms with Gasteiger partial charge in [0.15, 0.2) is 0 Å². The number of carbonyl (C=O) groups excluding carboxylic acids is 1. The summed E-state index contributed by atoms with van der Waals surface area (Å²) in [7, 11) is 0. The third-order valence-electron chi connectivity index (χ3n) is 3.61. The van der Waals surface area contributed by atoms with Crippen LogP contribution in [0.1, 0.15) is 22.5 Å². The van der Waals surface area contributed by atoms with Crippen molar-refractivity contribution in [1.82, 2.24) is 15.1 Å². The molecule has 1 unspecified atom stereocenters. The summed E-state index contributed by atoms with van der Waals surface area (Å²) in [5.74, 6) is -0.172. The summed E-state index contributed by atoms with van der Waals surface area (Å²) in [5, 5.41) is 7.75. The summed E-state index contributed by atoms with van der Waals surface area (Å²) in [4.78, 5) is 13.9. The molecular formula is C13H13BrFN3O. The van der Waals surface area contributed by atoms with Crippen molar-refractivity contribution in [2.75, 3.05) is 13.2 Å². The highest BCUT2D eigenvalue weighted by Gasteiger charge is 2.34. The van der Waals surface area contributed by atoms with Crippen LogP contribution in [0.4, 0.5) is 4.39 Å². The van der Waals surface area contributed by atoms with Crippen LogP contribution in [0.2, 0.25) is 0 Å². The predicted molar refractivity (Wildman–Crippen MR) is 73.9 cm³/mol. The third kappa shape index (κ3) is 1.94. The fourth-order valence-electron chi connectivity index (χ4n) is 2.42. The first-order valence-electron chi connectivity index (χ1n) is 6.13. The van der Waals surface area contributed by atoms with Gasteiger partial charge in [0.2, 0.25) is 0 Å². The first kappa shape index (κ1) is 12.6. The molecule has 1 aliphatic heterocycles. The first-order chi connectivity index (χ1) is 9.11. The van der Waals surface area contributed by atoms with E-state index in [1.165, 1.54) is 0 Å². The molecule has 2 heterocycles. The van der Waals surface area contributed by atoms with E-state index in [4.69, 9.17) is 0 Å². The van der Waals surface area contributed by atoms with Crippen LogP contribution in [0.5, 0.6) is 0 Å². The van der Waals surface area contributed by atoms with E-state index in [9.17, 15) is 9.18 Å². The maximum atomic E-state index is 12.7. The Morgan fingerprint density at radius 1 is 1.63 bits per heavy atom. The molecule has 3 rings (SSSR count). The Labute approximate surface area is 118 Å². The highest BCUT2D eigenvalue weighted by atomic mass is 79.9. The molecule has 0 radical (unpaired) electrons. The minimum Gasteiger partial charge on any atom is -0.332 e. The number of carbonyl (C=O) groups is 1. The van der Waals surface area contributed by atoms with Crippen molar-refractivity contribution in [3.8, 4) is 0 Å². The molecule has 2 aromatic rings. The zero-order chi connectivity index (χ0) is 13.6. The van der Waals surface area contributed by atoms with Gasteiger partial charge in [0.25, 0.3) is 5.91 Å². The van der Waals surface area contributed by atoms with E-state index in [-0.39, 0.29) is 11.9 Å². The standard InChI is InChI=1S/C13H13BrFN3O/c1-7-4-8(14)5-10-11(7)16-17-12(10)13(19)18-3-2-9(18)6-15/h4-5,9H,2-3,6H2,1H3,(H,16,17). The molecule has 1 atom stereocenters. The summed E-state index contributed by atoms with van der Waals surface area (Å²) in [6, 6.07) is 3.54. The van der Waals surface area contributed by atoms with E-state index in [1.54, 1.807) is 4.90 Å². The molecule has 1 saturated heterocycles. The summed E-state index contributed by atoms with van der Waals surface area (Å²) in [6.45, 7) is 2.07. The van der Waals surface area contributed by atoms with Crippen LogP contribution < -0.4 is 0 Å². The lowest BCUT2D eigenvalue weighted by Crippen LogP contribution is -2.52. The molecule has 1 aromatic heterocycles. The highest BCUT2D eigenvalue weighted by Crippen LogP contribution is 2.27. The number of aromatic nitrogens is 2. The molecule has 1 fully saturated rings. The molecule has 1 aliphatic rings. The van der Waals surface area contributed by atoms with Gasteiger partial charge in [-0.2, -0.15) is 5.10 Å². The number of nitrogens with zero attached hydrogens (tertiary/aromatic N) is 2. The number of nitrogens with one attached hydrogen (secondary N) is 1. The van der Waals surface area contributed by atoms with Crippen molar-refractivity contribution in [2.24, 2.45) is 0 Å². The molecule has 0 bridgehead atoms. The molecule has 0 saturated carbocycles. The topological polar surface area (TPSA) is 49.0 Å². The van der Waals surface area contributed by atoms with Gasteiger partial charge in [-0.05, 0) is 31.0 Å². The third-order valence-corrected chi connectivity index (χ3v) is 4.07. The molecule has 1 aromatic carbocycles. The number of hydrogen-bond donors (Lipinski definition) is 1. The monoisotopic (exact) mass is 325 g/mol. The first-order valence-corrected chi connectivity index (χ1v) is 6.92. The number of fused-ring (bicyclic) bond motifs is 1. The van der Waals surface area contributed by atoms with Crippen molar-refractivity contribution >= 4 is 32.7 Å². The lowest BCUT2D eigenvalue weighted by molar-refractivity contribution is 0.0398. The van der Waals surface area contributed by atoms with Crippen molar-refractivity contribution < 1.29 is 9.18 Å². The molecule has 100 valence electrons. The molecule has 1 amide bonds. The van der Waals surface area contributed by atoms with Crippen molar-refractivity contribution in [1.29, 1.82) is 0 Å². The Morgan fingerprint density at radius 3 is 3.05 bits per heavy atom. The molecule has 1 N–H and O–H groups in total. The van der Waals surface area contributed by atoms with Gasteiger partial charge in [0.05, 0.1) is 11.6 Å². The smallest absolute Gasteiger partial charge is 0.272 e. The van der Waals surface area contributed by atoms with Crippen molar-refractivity contribution in [2.45, 2.75) is 19.4 Å². The van der Waals surface area contributed by atoms with Crippen LogP contribution in [0.25, 0.3) is 10.9 Å². The van der Waals surface area contributed by atoms with Gasteiger partial charge < -0.3 is 4.90 Å². The predicted octanol–water partition coefficient (Wildman–Crippen LogP) is 2.82. The molecule has 6 heteroatoms. The van der Waals surface area contributed by atoms with E-state index in [2.05, 4.69) is 26.1 Å². The summed E-state index contributed by atoms with van der Waals surface area (Å²) >= 11 is 3.42. The van der Waals surface area contributed by atoms with E-state index >= 15 is 0 Å². The number of hydrogen-bond acceptors (Lipinski definition) is 2. The van der Waals surface area contributed by atoms with Crippen LogP contribution in [0.3, 0.4) is 0 Å². The maximum Gasteiger partial charge on any atom is 0.272 e. The van der Waals surface area contributed by atoms with E-state index in [1.807, 2.05) is 19.1 Å². The van der Waals surface area contributed by atoms with E-state index in [0.29, 0.717) is 12.2 Å². The molecular weight excluding hydrogens is 313 g/mol. The molecule has 19 heavy (non-hydrogen) atoms. The Hall–Kier alpha value is -1.43. The normalized spacial score (nSPS) is 18.7. The number of aromatic amines is 1. The number of H-pyrrole nitrogens is 1. The molecule has 0 spiro atoms. The average molecular weight is 326 g/mol. The summed E-state index contributed by atoms with van der Waals surface area (Å²) < 4.78 is 13.6. The Morgan fingerprint density at radius 2 is 2.42 bits per heavy atom. The number of rotatable bonds is 2. The Balaban J connectivity index is 2.03. The zero-order valence-electron chi connectivity index (χ0n) is 10.4. The van der Waals surface area contributed by atoms with Gasteiger partial charge in [0, 0.05) is 16.4 Å². The van der Waals surface area contributed by atoms with E-state index < -0.39 is 6.67 Å². The van der Waals surface area contributed by atoms with Gasteiger partial charge in [0.1, 0.15) is 12.4 Å². The second-order valence-corrected chi connectivity index (χ2v) is 5.73. The van der Waals surface area contributed by atoms with Gasteiger partial charge in [-0.25, -0.2) is 4.39 Å². The van der Waals surface area contributed by atoms with Gasteiger partial charge in [-0.3, -0.25) is 9.89 Å². The van der Waals surface area contributed by atoms with Crippen LogP contribution in [-0.4, -0.2) is 40.3 Å². The molecule has 0 aliphatic carbocycles. The van der Waals surface area contributed by atoms with Crippen LogP contribution in [0.15, 0.2) is 16.6 Å². The van der Waals surface area contributed by atoms with Crippen LogP contribution in [0, 0.1) is 6.92 Å². The van der Waals surface area contributed by atoms with Crippen LogP contribution >= 0.6 is 15.9 Å². The van der Waals surface area contributed by atoms with Gasteiger partial charge >= 0.3 is 0 Å². The number of likely N-dealkylation sites (tertiary alicyclic amines) is 1. The van der Waals surface area contributed by atoms with Crippen molar-refractivity contribution in [3.63, 3.8) is 0 Å². The number of alkyl halides is 1. The highest BCUT2D eigenvalue weighted by molar-refractivity contribution is 9.10. The number of aryl methyl sites for hydroxylation is 1. The lowest BCUT2D eigenvalue weighted by Gasteiger charge is -2.38. The number of halogens is 2. The summed E-state index contributed by atoms with van der Waals surface area (Å²) in [6.07, 6.45) is 0.733. The molecule has 4 nitrogen and oxygen atoms in total. The van der Waals surface area contributed by atoms with Crippen LogP contribution in [-0.2, 0) is 0 Å². The fraction of sp³-hybridized carbons (Fsp3) is 0.385.